The third-order valence-electron chi connectivity index (χ3n) is 2.94. The van der Waals surface area contributed by atoms with E-state index in [4.69, 9.17) is 4.74 Å². The summed E-state index contributed by atoms with van der Waals surface area (Å²) in [5, 5.41) is 3.38. The summed E-state index contributed by atoms with van der Waals surface area (Å²) in [5.74, 6) is 0. The van der Waals surface area contributed by atoms with Gasteiger partial charge in [0, 0.05) is 25.2 Å². The summed E-state index contributed by atoms with van der Waals surface area (Å²) in [6, 6.07) is 1.18. The normalized spacial score (nSPS) is 13.9. The van der Waals surface area contributed by atoms with Crippen LogP contribution in [0.3, 0.4) is 0 Å². The summed E-state index contributed by atoms with van der Waals surface area (Å²) >= 11 is 0. The molecule has 0 rings (SSSR count). The maximum absolute atomic E-state index is 5.82. The van der Waals surface area contributed by atoms with Crippen molar-refractivity contribution in [3.63, 3.8) is 0 Å². The summed E-state index contributed by atoms with van der Waals surface area (Å²) < 4.78 is 5.82. The second-order valence-electron chi connectivity index (χ2n) is 5.31. The van der Waals surface area contributed by atoms with Crippen LogP contribution in [0.1, 0.15) is 48.0 Å². The molecule has 0 aromatic rings. The van der Waals surface area contributed by atoms with Gasteiger partial charge in [0.2, 0.25) is 0 Å². The molecule has 0 heterocycles. The highest BCUT2D eigenvalue weighted by Crippen LogP contribution is 2.04. The van der Waals surface area contributed by atoms with E-state index in [0.717, 1.165) is 26.2 Å². The van der Waals surface area contributed by atoms with E-state index < -0.39 is 0 Å². The van der Waals surface area contributed by atoms with Gasteiger partial charge in [-0.1, -0.05) is 6.92 Å². The van der Waals surface area contributed by atoms with Gasteiger partial charge in [-0.15, -0.1) is 0 Å². The van der Waals surface area contributed by atoms with Gasteiger partial charge in [0.1, 0.15) is 0 Å². The number of nitrogens with one attached hydrogen (secondary N) is 1. The Morgan fingerprint density at radius 2 is 1.65 bits per heavy atom. The molecule has 1 N–H and O–H groups in total. The molecule has 0 fully saturated rings. The molecule has 0 saturated heterocycles. The Morgan fingerprint density at radius 1 is 1.06 bits per heavy atom. The lowest BCUT2D eigenvalue weighted by Crippen LogP contribution is -2.40. The SMILES string of the molecule is CCCNCC(C)OCCN(C(C)C)C(C)C. The van der Waals surface area contributed by atoms with E-state index in [1.54, 1.807) is 0 Å². The third kappa shape index (κ3) is 8.58. The first-order valence-corrected chi connectivity index (χ1v) is 7.07. The lowest BCUT2D eigenvalue weighted by Gasteiger charge is -2.30. The van der Waals surface area contributed by atoms with E-state index in [-0.39, 0.29) is 0 Å². The second-order valence-corrected chi connectivity index (χ2v) is 5.31. The first-order chi connectivity index (χ1) is 7.99. The minimum Gasteiger partial charge on any atom is -0.376 e. The van der Waals surface area contributed by atoms with Crippen molar-refractivity contribution in [2.75, 3.05) is 26.2 Å². The zero-order valence-electron chi connectivity index (χ0n) is 12.6. The smallest absolute Gasteiger partial charge is 0.0672 e. The van der Waals surface area contributed by atoms with Crippen LogP contribution in [-0.2, 0) is 4.74 Å². The van der Waals surface area contributed by atoms with Crippen LogP contribution in [0, 0.1) is 0 Å². The van der Waals surface area contributed by atoms with Gasteiger partial charge < -0.3 is 10.1 Å². The first-order valence-electron chi connectivity index (χ1n) is 7.07. The molecule has 1 unspecified atom stereocenters. The summed E-state index contributed by atoms with van der Waals surface area (Å²) in [5.41, 5.74) is 0. The fraction of sp³-hybridized carbons (Fsp3) is 1.00. The molecule has 0 aromatic heterocycles. The first kappa shape index (κ1) is 16.9. The Labute approximate surface area is 108 Å². The third-order valence-corrected chi connectivity index (χ3v) is 2.94. The highest BCUT2D eigenvalue weighted by atomic mass is 16.5. The standard InChI is InChI=1S/C14H32N2O/c1-7-8-15-11-14(6)17-10-9-16(12(2)3)13(4)5/h12-15H,7-11H2,1-6H3. The summed E-state index contributed by atoms with van der Waals surface area (Å²) in [4.78, 5) is 2.46. The van der Waals surface area contributed by atoms with Crippen LogP contribution >= 0.6 is 0 Å². The molecule has 0 spiro atoms. The number of nitrogens with zero attached hydrogens (tertiary/aromatic N) is 1. The van der Waals surface area contributed by atoms with Crippen LogP contribution in [0.2, 0.25) is 0 Å². The van der Waals surface area contributed by atoms with E-state index in [9.17, 15) is 0 Å². The maximum atomic E-state index is 5.82. The van der Waals surface area contributed by atoms with Crippen molar-refractivity contribution >= 4 is 0 Å². The van der Waals surface area contributed by atoms with Gasteiger partial charge in [0.25, 0.3) is 0 Å². The number of hydrogen-bond donors (Lipinski definition) is 1. The average molecular weight is 244 g/mol. The monoisotopic (exact) mass is 244 g/mol. The molecule has 0 aliphatic carbocycles. The van der Waals surface area contributed by atoms with Crippen molar-refractivity contribution in [2.24, 2.45) is 0 Å². The summed E-state index contributed by atoms with van der Waals surface area (Å²) in [6.07, 6.45) is 1.49. The van der Waals surface area contributed by atoms with Crippen LogP contribution in [0.5, 0.6) is 0 Å². The van der Waals surface area contributed by atoms with E-state index >= 15 is 0 Å². The van der Waals surface area contributed by atoms with Crippen LogP contribution in [0.15, 0.2) is 0 Å². The topological polar surface area (TPSA) is 24.5 Å². The van der Waals surface area contributed by atoms with Crippen molar-refractivity contribution in [3.05, 3.63) is 0 Å². The molecular weight excluding hydrogens is 212 g/mol. The van der Waals surface area contributed by atoms with Crippen LogP contribution in [0.4, 0.5) is 0 Å². The predicted octanol–water partition coefficient (Wildman–Crippen LogP) is 2.51. The molecule has 0 aliphatic heterocycles. The predicted molar refractivity (Wildman–Crippen MR) is 75.6 cm³/mol. The Morgan fingerprint density at radius 3 is 2.12 bits per heavy atom. The van der Waals surface area contributed by atoms with Gasteiger partial charge in [0.05, 0.1) is 12.7 Å². The molecule has 3 nitrogen and oxygen atoms in total. The lowest BCUT2D eigenvalue weighted by atomic mass is 10.2. The highest BCUT2D eigenvalue weighted by Gasteiger charge is 2.13. The molecule has 0 aromatic carbocycles. The van der Waals surface area contributed by atoms with Crippen LogP contribution in [-0.4, -0.2) is 49.3 Å². The van der Waals surface area contributed by atoms with Crippen molar-refractivity contribution in [1.82, 2.24) is 10.2 Å². The molecule has 104 valence electrons. The minimum absolute atomic E-state index is 0.308. The number of rotatable bonds is 10. The van der Waals surface area contributed by atoms with E-state index in [2.05, 4.69) is 51.8 Å². The van der Waals surface area contributed by atoms with Crippen molar-refractivity contribution < 1.29 is 4.74 Å². The fourth-order valence-corrected chi connectivity index (χ4v) is 2.01. The molecule has 0 aliphatic rings. The zero-order chi connectivity index (χ0) is 13.3. The van der Waals surface area contributed by atoms with E-state index in [1.807, 2.05) is 0 Å². The number of ether oxygens (including phenoxy) is 1. The Hall–Kier alpha value is -0.120. The highest BCUT2D eigenvalue weighted by molar-refractivity contribution is 4.67. The fourth-order valence-electron chi connectivity index (χ4n) is 2.01. The largest absolute Gasteiger partial charge is 0.376 e. The van der Waals surface area contributed by atoms with Crippen molar-refractivity contribution in [3.8, 4) is 0 Å². The van der Waals surface area contributed by atoms with Gasteiger partial charge in [-0.25, -0.2) is 0 Å². The molecule has 0 bridgehead atoms. The quantitative estimate of drug-likeness (QED) is 0.598. The zero-order valence-corrected chi connectivity index (χ0v) is 12.6. The number of hydrogen-bond acceptors (Lipinski definition) is 3. The lowest BCUT2D eigenvalue weighted by molar-refractivity contribution is 0.0350. The molecule has 0 radical (unpaired) electrons. The Bertz CT molecular complexity index is 164. The van der Waals surface area contributed by atoms with Crippen LogP contribution in [0.25, 0.3) is 0 Å². The second kappa shape index (κ2) is 9.86. The molecule has 1 atom stereocenters. The van der Waals surface area contributed by atoms with Crippen molar-refractivity contribution in [2.45, 2.75) is 66.2 Å². The van der Waals surface area contributed by atoms with Crippen LogP contribution < -0.4 is 5.32 Å². The minimum atomic E-state index is 0.308. The maximum Gasteiger partial charge on any atom is 0.0672 e. The average Bonchev–Trinajstić information content (AvgIpc) is 2.23. The summed E-state index contributed by atoms with van der Waals surface area (Å²) in [7, 11) is 0. The Kier molecular flexibility index (Phi) is 9.79. The molecule has 0 amide bonds. The van der Waals surface area contributed by atoms with Gasteiger partial charge in [-0.3, -0.25) is 4.90 Å². The van der Waals surface area contributed by atoms with Crippen molar-refractivity contribution in [1.29, 1.82) is 0 Å². The molecule has 3 heteroatoms. The Balaban J connectivity index is 3.66. The van der Waals surface area contributed by atoms with Gasteiger partial charge in [0.15, 0.2) is 0 Å². The van der Waals surface area contributed by atoms with E-state index in [0.29, 0.717) is 18.2 Å². The summed E-state index contributed by atoms with van der Waals surface area (Å²) in [6.45, 7) is 17.2. The molecule has 17 heavy (non-hydrogen) atoms. The molecule has 0 saturated carbocycles. The van der Waals surface area contributed by atoms with Gasteiger partial charge in [-0.2, -0.15) is 0 Å². The van der Waals surface area contributed by atoms with E-state index in [1.165, 1.54) is 6.42 Å². The van der Waals surface area contributed by atoms with Gasteiger partial charge >= 0.3 is 0 Å². The van der Waals surface area contributed by atoms with Gasteiger partial charge in [-0.05, 0) is 47.6 Å². The molecular formula is C14H32N2O.